The maximum absolute atomic E-state index is 12.1. The number of hydrogen-bond acceptors (Lipinski definition) is 6. The predicted octanol–water partition coefficient (Wildman–Crippen LogP) is 6.97. The molecule has 5 aromatic rings. The lowest BCUT2D eigenvalue weighted by molar-refractivity contribution is -0.115. The number of furan rings is 1. The standard InChI is InChI=1S/C30H25N5O2/c1-2-25(36)34-23-15-9-14-22(18-23)26-27-29(35-24(16-17-31)20-10-5-3-6-11-20)32-19-33-30(27)37-28(26)21-12-7-4-8-13-21/h3-15,18-19,24H,2,16H2,1H3,(H,34,36)(H,32,33,35). The van der Waals surface area contributed by atoms with Crippen molar-refractivity contribution in [3.8, 4) is 28.5 Å². The molecule has 1 atom stereocenters. The average molecular weight is 488 g/mol. The zero-order valence-electron chi connectivity index (χ0n) is 20.3. The summed E-state index contributed by atoms with van der Waals surface area (Å²) in [6.07, 6.45) is 2.10. The first-order valence-electron chi connectivity index (χ1n) is 12.1. The molecular formula is C30H25N5O2. The molecule has 2 aromatic heterocycles. The number of carbonyl (C=O) groups is 1. The quantitative estimate of drug-likeness (QED) is 0.245. The first-order chi connectivity index (χ1) is 18.2. The van der Waals surface area contributed by atoms with Crippen molar-refractivity contribution in [2.75, 3.05) is 10.6 Å². The number of hydrogen-bond donors (Lipinski definition) is 2. The van der Waals surface area contributed by atoms with Gasteiger partial charge in [-0.2, -0.15) is 5.26 Å². The average Bonchev–Trinajstić information content (AvgIpc) is 3.34. The number of carbonyl (C=O) groups excluding carboxylic acids is 1. The molecule has 3 aromatic carbocycles. The van der Waals surface area contributed by atoms with E-state index < -0.39 is 0 Å². The minimum absolute atomic E-state index is 0.0645. The highest BCUT2D eigenvalue weighted by Crippen LogP contribution is 2.43. The molecule has 0 fully saturated rings. The number of fused-ring (bicyclic) bond motifs is 1. The molecule has 7 nitrogen and oxygen atoms in total. The van der Waals surface area contributed by atoms with Gasteiger partial charge in [-0.05, 0) is 23.3 Å². The molecule has 7 heteroatoms. The van der Waals surface area contributed by atoms with Crippen LogP contribution in [0.2, 0.25) is 0 Å². The van der Waals surface area contributed by atoms with Gasteiger partial charge in [-0.25, -0.2) is 9.97 Å². The molecule has 0 bridgehead atoms. The van der Waals surface area contributed by atoms with Gasteiger partial charge in [-0.1, -0.05) is 79.7 Å². The number of anilines is 2. The van der Waals surface area contributed by atoms with Gasteiger partial charge in [0.05, 0.1) is 23.9 Å². The third kappa shape index (κ3) is 5.04. The van der Waals surface area contributed by atoms with Gasteiger partial charge in [0.2, 0.25) is 11.6 Å². The first-order valence-corrected chi connectivity index (χ1v) is 12.1. The lowest BCUT2D eigenvalue weighted by atomic mass is 9.98. The normalized spacial score (nSPS) is 11.6. The Morgan fingerprint density at radius 1 is 0.973 bits per heavy atom. The number of rotatable bonds is 8. The molecule has 37 heavy (non-hydrogen) atoms. The molecule has 1 unspecified atom stereocenters. The van der Waals surface area contributed by atoms with Gasteiger partial charge < -0.3 is 15.1 Å². The molecule has 0 saturated heterocycles. The fourth-order valence-electron chi connectivity index (χ4n) is 4.31. The summed E-state index contributed by atoms with van der Waals surface area (Å²) in [5, 5.41) is 16.6. The zero-order valence-corrected chi connectivity index (χ0v) is 20.3. The van der Waals surface area contributed by atoms with Crippen LogP contribution in [0.3, 0.4) is 0 Å². The van der Waals surface area contributed by atoms with Crippen LogP contribution in [0.4, 0.5) is 11.5 Å². The van der Waals surface area contributed by atoms with Gasteiger partial charge in [-0.3, -0.25) is 4.79 Å². The molecule has 2 N–H and O–H groups in total. The number of nitrogens with zero attached hydrogens (tertiary/aromatic N) is 3. The van der Waals surface area contributed by atoms with E-state index in [0.717, 1.165) is 22.3 Å². The number of nitrogens with one attached hydrogen (secondary N) is 2. The van der Waals surface area contributed by atoms with Crippen molar-refractivity contribution in [1.82, 2.24) is 9.97 Å². The molecule has 1 amide bonds. The van der Waals surface area contributed by atoms with Crippen molar-refractivity contribution in [2.24, 2.45) is 0 Å². The number of amides is 1. The largest absolute Gasteiger partial charge is 0.437 e. The van der Waals surface area contributed by atoms with Crippen LogP contribution in [0.1, 0.15) is 31.4 Å². The summed E-state index contributed by atoms with van der Waals surface area (Å²) in [6.45, 7) is 1.82. The van der Waals surface area contributed by atoms with Crippen molar-refractivity contribution in [1.29, 1.82) is 5.26 Å². The Morgan fingerprint density at radius 3 is 2.43 bits per heavy atom. The van der Waals surface area contributed by atoms with Gasteiger partial charge in [0.1, 0.15) is 17.9 Å². The molecule has 0 aliphatic carbocycles. The maximum Gasteiger partial charge on any atom is 0.232 e. The summed E-state index contributed by atoms with van der Waals surface area (Å²) in [7, 11) is 0. The fraction of sp³-hybridized carbons (Fsp3) is 0.133. The highest BCUT2D eigenvalue weighted by atomic mass is 16.3. The molecule has 0 saturated carbocycles. The summed E-state index contributed by atoms with van der Waals surface area (Å²) in [5.41, 5.74) is 4.64. The van der Waals surface area contributed by atoms with Crippen molar-refractivity contribution in [3.05, 3.63) is 96.8 Å². The van der Waals surface area contributed by atoms with E-state index >= 15 is 0 Å². The van der Waals surface area contributed by atoms with Crippen molar-refractivity contribution < 1.29 is 9.21 Å². The third-order valence-electron chi connectivity index (χ3n) is 6.09. The third-order valence-corrected chi connectivity index (χ3v) is 6.09. The second-order valence-electron chi connectivity index (χ2n) is 8.53. The summed E-state index contributed by atoms with van der Waals surface area (Å²) in [4.78, 5) is 21.1. The molecule has 182 valence electrons. The molecule has 0 aliphatic rings. The van der Waals surface area contributed by atoms with Gasteiger partial charge in [0, 0.05) is 23.2 Å². The molecular weight excluding hydrogens is 462 g/mol. The zero-order chi connectivity index (χ0) is 25.6. The van der Waals surface area contributed by atoms with Crippen LogP contribution in [0.25, 0.3) is 33.6 Å². The van der Waals surface area contributed by atoms with Gasteiger partial charge in [-0.15, -0.1) is 0 Å². The number of aromatic nitrogens is 2. The monoisotopic (exact) mass is 487 g/mol. The summed E-state index contributed by atoms with van der Waals surface area (Å²) in [5.74, 6) is 1.15. The van der Waals surface area contributed by atoms with Crippen LogP contribution < -0.4 is 10.6 Å². The van der Waals surface area contributed by atoms with Crippen LogP contribution in [-0.2, 0) is 4.79 Å². The minimum Gasteiger partial charge on any atom is -0.437 e. The SMILES string of the molecule is CCC(=O)Nc1cccc(-c2c(-c3ccccc3)oc3ncnc(NC(CC#N)c4ccccc4)c23)c1. The number of benzene rings is 3. The molecule has 0 radical (unpaired) electrons. The molecule has 0 spiro atoms. The lowest BCUT2D eigenvalue weighted by Crippen LogP contribution is -2.11. The highest BCUT2D eigenvalue weighted by molar-refractivity contribution is 6.06. The van der Waals surface area contributed by atoms with Crippen LogP contribution in [0.15, 0.2) is 95.7 Å². The first kappa shape index (κ1) is 23.8. The van der Waals surface area contributed by atoms with Crippen molar-refractivity contribution in [2.45, 2.75) is 25.8 Å². The molecule has 0 aliphatic heterocycles. The van der Waals surface area contributed by atoms with E-state index in [1.807, 2.05) is 91.9 Å². The lowest BCUT2D eigenvalue weighted by Gasteiger charge is -2.18. The van der Waals surface area contributed by atoms with Crippen LogP contribution >= 0.6 is 0 Å². The minimum atomic E-state index is -0.276. The van der Waals surface area contributed by atoms with Crippen LogP contribution in [-0.4, -0.2) is 15.9 Å². The van der Waals surface area contributed by atoms with E-state index in [1.54, 1.807) is 0 Å². The van der Waals surface area contributed by atoms with Crippen molar-refractivity contribution in [3.63, 3.8) is 0 Å². The predicted molar refractivity (Wildman–Crippen MR) is 145 cm³/mol. The van der Waals surface area contributed by atoms with Crippen LogP contribution in [0.5, 0.6) is 0 Å². The van der Waals surface area contributed by atoms with E-state index in [-0.39, 0.29) is 18.4 Å². The fourth-order valence-corrected chi connectivity index (χ4v) is 4.31. The van der Waals surface area contributed by atoms with E-state index in [1.165, 1.54) is 6.33 Å². The Kier molecular flexibility index (Phi) is 6.91. The van der Waals surface area contributed by atoms with E-state index in [2.05, 4.69) is 26.7 Å². The van der Waals surface area contributed by atoms with E-state index in [0.29, 0.717) is 34.8 Å². The van der Waals surface area contributed by atoms with Crippen molar-refractivity contribution >= 4 is 28.5 Å². The van der Waals surface area contributed by atoms with Crippen LogP contribution in [0, 0.1) is 11.3 Å². The smallest absolute Gasteiger partial charge is 0.232 e. The summed E-state index contributed by atoms with van der Waals surface area (Å²) < 4.78 is 6.33. The second kappa shape index (κ2) is 10.8. The van der Waals surface area contributed by atoms with Gasteiger partial charge >= 0.3 is 0 Å². The van der Waals surface area contributed by atoms with Gasteiger partial charge in [0.15, 0.2) is 0 Å². The van der Waals surface area contributed by atoms with Gasteiger partial charge in [0.25, 0.3) is 0 Å². The Bertz CT molecular complexity index is 1570. The second-order valence-corrected chi connectivity index (χ2v) is 8.53. The summed E-state index contributed by atoms with van der Waals surface area (Å²) in [6, 6.07) is 29.3. The Labute approximate surface area is 214 Å². The van der Waals surface area contributed by atoms with E-state index in [4.69, 9.17) is 4.42 Å². The molecule has 2 heterocycles. The maximum atomic E-state index is 12.1. The Balaban J connectivity index is 1.70. The Hall–Kier alpha value is -4.96. The topological polar surface area (TPSA) is 104 Å². The number of nitriles is 1. The highest BCUT2D eigenvalue weighted by Gasteiger charge is 2.24. The van der Waals surface area contributed by atoms with E-state index in [9.17, 15) is 10.1 Å². The summed E-state index contributed by atoms with van der Waals surface area (Å²) >= 11 is 0. The Morgan fingerprint density at radius 2 is 1.70 bits per heavy atom. The molecule has 5 rings (SSSR count).